The van der Waals surface area contributed by atoms with Gasteiger partial charge < -0.3 is 19.3 Å². The van der Waals surface area contributed by atoms with Gasteiger partial charge in [0, 0.05) is 26.3 Å². The van der Waals surface area contributed by atoms with Gasteiger partial charge in [0.1, 0.15) is 29.6 Å². The van der Waals surface area contributed by atoms with E-state index in [1.165, 1.54) is 6.26 Å². The monoisotopic (exact) mass is 352 g/mol. The maximum Gasteiger partial charge on any atom is 0.259 e. The Morgan fingerprint density at radius 3 is 3.08 bits per heavy atom. The van der Waals surface area contributed by atoms with Crippen LogP contribution in [0.1, 0.15) is 22.5 Å². The third kappa shape index (κ3) is 2.63. The summed E-state index contributed by atoms with van der Waals surface area (Å²) in [6, 6.07) is 1.93. The molecule has 4 rings (SSSR count). The van der Waals surface area contributed by atoms with Gasteiger partial charge in [-0.1, -0.05) is 17.3 Å². The lowest BCUT2D eigenvalue weighted by molar-refractivity contribution is 0.0731. The van der Waals surface area contributed by atoms with Gasteiger partial charge in [-0.05, 0) is 19.4 Å². The number of carbonyl (C=O) groups is 1. The minimum absolute atomic E-state index is 0.0270. The van der Waals surface area contributed by atoms with Crippen LogP contribution in [0.4, 0.5) is 5.82 Å². The van der Waals surface area contributed by atoms with Gasteiger partial charge in [0.15, 0.2) is 0 Å². The molecule has 1 aliphatic heterocycles. The van der Waals surface area contributed by atoms with Crippen molar-refractivity contribution < 1.29 is 9.32 Å². The van der Waals surface area contributed by atoms with Gasteiger partial charge in [0.2, 0.25) is 0 Å². The standard InChI is InChI=1S/C18H20N6O2/c1-11-5-7-24(18(25)14-9-26-22-12(14)2)8-15(11)23(3)17-13-4-6-19-16(13)20-10-21-17/h4,6,9-10,15H,1,5,7-8H2,2-3H3,(H,19,20,21)/t15-/m0/s1. The first kappa shape index (κ1) is 16.3. The molecule has 1 amide bonds. The van der Waals surface area contributed by atoms with Crippen molar-refractivity contribution in [2.24, 2.45) is 0 Å². The average molecular weight is 352 g/mol. The summed E-state index contributed by atoms with van der Waals surface area (Å²) in [5, 5.41) is 4.75. The molecule has 1 aliphatic rings. The number of rotatable bonds is 3. The highest BCUT2D eigenvalue weighted by molar-refractivity contribution is 5.95. The van der Waals surface area contributed by atoms with Crippen molar-refractivity contribution in [3.05, 3.63) is 48.3 Å². The van der Waals surface area contributed by atoms with Crippen molar-refractivity contribution in [2.45, 2.75) is 19.4 Å². The number of H-pyrrole nitrogens is 1. The van der Waals surface area contributed by atoms with Crippen LogP contribution in [0.25, 0.3) is 11.0 Å². The first-order valence-electron chi connectivity index (χ1n) is 8.45. The molecule has 3 aromatic heterocycles. The summed E-state index contributed by atoms with van der Waals surface area (Å²) < 4.78 is 4.92. The maximum absolute atomic E-state index is 12.8. The van der Waals surface area contributed by atoms with E-state index in [1.54, 1.807) is 13.3 Å². The quantitative estimate of drug-likeness (QED) is 0.727. The number of carbonyl (C=O) groups excluding carboxylic acids is 1. The maximum atomic E-state index is 12.8. The smallest absolute Gasteiger partial charge is 0.259 e. The molecule has 0 saturated carbocycles. The number of hydrogen-bond donors (Lipinski definition) is 1. The fourth-order valence-electron chi connectivity index (χ4n) is 3.41. The van der Waals surface area contributed by atoms with Crippen LogP contribution in [0.3, 0.4) is 0 Å². The fraction of sp³-hybridized carbons (Fsp3) is 0.333. The summed E-state index contributed by atoms with van der Waals surface area (Å²) in [6.07, 6.45) is 5.54. The Bertz CT molecular complexity index is 975. The molecule has 134 valence electrons. The van der Waals surface area contributed by atoms with Gasteiger partial charge in [0.05, 0.1) is 17.1 Å². The predicted octanol–water partition coefficient (Wildman–Crippen LogP) is 2.16. The molecule has 0 aromatic carbocycles. The Hall–Kier alpha value is -3.16. The van der Waals surface area contributed by atoms with E-state index >= 15 is 0 Å². The first-order valence-corrected chi connectivity index (χ1v) is 8.45. The van der Waals surface area contributed by atoms with E-state index in [4.69, 9.17) is 4.52 Å². The van der Waals surface area contributed by atoms with Gasteiger partial charge in [-0.15, -0.1) is 0 Å². The largest absolute Gasteiger partial charge is 0.364 e. The SMILES string of the molecule is C=C1CCN(C(=O)c2conc2C)C[C@@H]1N(C)c1ncnc2[nH]ccc12. The highest BCUT2D eigenvalue weighted by atomic mass is 16.5. The molecule has 0 spiro atoms. The van der Waals surface area contributed by atoms with Crippen molar-refractivity contribution >= 4 is 22.8 Å². The number of nitrogens with zero attached hydrogens (tertiary/aromatic N) is 5. The minimum Gasteiger partial charge on any atom is -0.364 e. The molecule has 0 radical (unpaired) electrons. The van der Waals surface area contributed by atoms with E-state index in [2.05, 4.69) is 31.6 Å². The number of aromatic amines is 1. The molecule has 0 aliphatic carbocycles. The molecule has 1 atom stereocenters. The summed E-state index contributed by atoms with van der Waals surface area (Å²) in [7, 11) is 1.98. The van der Waals surface area contributed by atoms with Crippen LogP contribution in [-0.4, -0.2) is 57.1 Å². The lowest BCUT2D eigenvalue weighted by atomic mass is 9.98. The number of likely N-dealkylation sites (tertiary alicyclic amines) is 1. The Balaban J connectivity index is 1.61. The van der Waals surface area contributed by atoms with Gasteiger partial charge in [-0.3, -0.25) is 4.79 Å². The number of nitrogens with one attached hydrogen (secondary N) is 1. The van der Waals surface area contributed by atoms with Gasteiger partial charge >= 0.3 is 0 Å². The number of aromatic nitrogens is 4. The summed E-state index contributed by atoms with van der Waals surface area (Å²) in [4.78, 5) is 28.5. The second-order valence-electron chi connectivity index (χ2n) is 6.54. The number of anilines is 1. The van der Waals surface area contributed by atoms with Crippen molar-refractivity contribution in [3.8, 4) is 0 Å². The second kappa shape index (κ2) is 6.29. The van der Waals surface area contributed by atoms with Crippen LogP contribution >= 0.6 is 0 Å². The van der Waals surface area contributed by atoms with Crippen LogP contribution in [0, 0.1) is 6.92 Å². The van der Waals surface area contributed by atoms with Crippen molar-refractivity contribution in [1.82, 2.24) is 25.0 Å². The normalized spacial score (nSPS) is 17.7. The molecule has 26 heavy (non-hydrogen) atoms. The van der Waals surface area contributed by atoms with Crippen LogP contribution in [0.15, 0.2) is 41.5 Å². The average Bonchev–Trinajstić information content (AvgIpc) is 3.29. The Kier molecular flexibility index (Phi) is 3.95. The molecule has 1 saturated heterocycles. The molecule has 8 heteroatoms. The molecular weight excluding hydrogens is 332 g/mol. The van der Waals surface area contributed by atoms with Gasteiger partial charge in [0.25, 0.3) is 5.91 Å². The van der Waals surface area contributed by atoms with E-state index in [1.807, 2.05) is 24.2 Å². The topological polar surface area (TPSA) is 91.2 Å². The molecular formula is C18H20N6O2. The number of aryl methyl sites for hydroxylation is 1. The molecule has 1 fully saturated rings. The third-order valence-corrected chi connectivity index (χ3v) is 4.97. The van der Waals surface area contributed by atoms with E-state index in [0.717, 1.165) is 28.8 Å². The molecule has 3 aromatic rings. The zero-order valence-corrected chi connectivity index (χ0v) is 14.8. The van der Waals surface area contributed by atoms with Crippen molar-refractivity contribution in [1.29, 1.82) is 0 Å². The third-order valence-electron chi connectivity index (χ3n) is 4.97. The highest BCUT2D eigenvalue weighted by Crippen LogP contribution is 2.28. The van der Waals surface area contributed by atoms with Gasteiger partial charge in [-0.25, -0.2) is 9.97 Å². The molecule has 8 nitrogen and oxygen atoms in total. The first-order chi connectivity index (χ1) is 12.6. The summed E-state index contributed by atoms with van der Waals surface area (Å²) in [5.74, 6) is 0.752. The summed E-state index contributed by atoms with van der Waals surface area (Å²) in [6.45, 7) is 7.16. The highest BCUT2D eigenvalue weighted by Gasteiger charge is 2.31. The lowest BCUT2D eigenvalue weighted by Crippen LogP contribution is -2.50. The van der Waals surface area contributed by atoms with Crippen LogP contribution in [0.5, 0.6) is 0 Å². The summed E-state index contributed by atoms with van der Waals surface area (Å²) in [5.41, 5.74) is 2.99. The zero-order chi connectivity index (χ0) is 18.3. The van der Waals surface area contributed by atoms with E-state index < -0.39 is 0 Å². The minimum atomic E-state index is -0.0656. The number of amides is 1. The molecule has 1 N–H and O–H groups in total. The predicted molar refractivity (Wildman–Crippen MR) is 97.0 cm³/mol. The molecule has 4 heterocycles. The van der Waals surface area contributed by atoms with Crippen LogP contribution in [0.2, 0.25) is 0 Å². The number of fused-ring (bicyclic) bond motifs is 1. The second-order valence-corrected chi connectivity index (χ2v) is 6.54. The number of piperidine rings is 1. The zero-order valence-electron chi connectivity index (χ0n) is 14.8. The Morgan fingerprint density at radius 1 is 1.46 bits per heavy atom. The Labute approximate surface area is 150 Å². The van der Waals surface area contributed by atoms with E-state index in [9.17, 15) is 4.79 Å². The molecule has 0 bridgehead atoms. The fourth-order valence-corrected chi connectivity index (χ4v) is 3.41. The number of hydrogen-bond acceptors (Lipinski definition) is 6. The summed E-state index contributed by atoms with van der Waals surface area (Å²) >= 11 is 0. The van der Waals surface area contributed by atoms with E-state index in [-0.39, 0.29) is 11.9 Å². The number of likely N-dealkylation sites (N-methyl/N-ethyl adjacent to an activating group) is 1. The van der Waals surface area contributed by atoms with Crippen molar-refractivity contribution in [3.63, 3.8) is 0 Å². The lowest BCUT2D eigenvalue weighted by Gasteiger charge is -2.39. The van der Waals surface area contributed by atoms with Crippen LogP contribution in [-0.2, 0) is 0 Å². The van der Waals surface area contributed by atoms with Crippen LogP contribution < -0.4 is 4.90 Å². The van der Waals surface area contributed by atoms with E-state index in [0.29, 0.717) is 24.3 Å². The molecule has 0 unspecified atom stereocenters. The van der Waals surface area contributed by atoms with Gasteiger partial charge in [-0.2, -0.15) is 0 Å². The Morgan fingerprint density at radius 2 is 2.31 bits per heavy atom. The van der Waals surface area contributed by atoms with Crippen molar-refractivity contribution in [2.75, 3.05) is 25.0 Å².